The maximum atomic E-state index is 13.8. The minimum atomic E-state index is -0.414. The summed E-state index contributed by atoms with van der Waals surface area (Å²) in [6.45, 7) is 1.67. The molecule has 1 fully saturated rings. The van der Waals surface area contributed by atoms with Gasteiger partial charge in [-0.15, -0.1) is 0 Å². The monoisotopic (exact) mass is 302 g/mol. The van der Waals surface area contributed by atoms with Crippen LogP contribution in [-0.4, -0.2) is 16.9 Å². The van der Waals surface area contributed by atoms with Gasteiger partial charge in [0, 0.05) is 6.04 Å². The summed E-state index contributed by atoms with van der Waals surface area (Å²) in [5.74, 6) is -0.102. The number of rotatable bonds is 3. The quantitative estimate of drug-likeness (QED) is 0.937. The Bertz CT molecular complexity index is 675. The van der Waals surface area contributed by atoms with Crippen molar-refractivity contribution >= 4 is 5.91 Å². The van der Waals surface area contributed by atoms with Crippen molar-refractivity contribution in [1.82, 2.24) is 10.3 Å². The van der Waals surface area contributed by atoms with Crippen molar-refractivity contribution in [1.29, 1.82) is 0 Å². The Kier molecular flexibility index (Phi) is 4.22. The summed E-state index contributed by atoms with van der Waals surface area (Å²) in [5.41, 5.74) is 0.506. The zero-order chi connectivity index (χ0) is 15.5. The van der Waals surface area contributed by atoms with E-state index in [0.29, 0.717) is 5.76 Å². The van der Waals surface area contributed by atoms with Crippen molar-refractivity contribution < 1.29 is 13.6 Å². The lowest BCUT2D eigenvalue weighted by atomic mass is 9.95. The van der Waals surface area contributed by atoms with Crippen LogP contribution in [-0.2, 0) is 0 Å². The van der Waals surface area contributed by atoms with Crippen molar-refractivity contribution in [3.63, 3.8) is 0 Å². The first-order chi connectivity index (χ1) is 10.6. The highest BCUT2D eigenvalue weighted by Gasteiger charge is 2.22. The molecule has 1 aromatic heterocycles. The molecule has 1 aliphatic carbocycles. The number of aromatic nitrogens is 1. The van der Waals surface area contributed by atoms with E-state index in [1.165, 1.54) is 12.5 Å². The maximum absolute atomic E-state index is 13.8. The molecule has 1 N–H and O–H groups in total. The number of oxazole rings is 1. The molecule has 0 atom stereocenters. The van der Waals surface area contributed by atoms with E-state index in [0.717, 1.165) is 25.7 Å². The SMILES string of the molecule is Cc1oc(-c2ccccc2F)nc1C(=O)NC1CCCCC1. The van der Waals surface area contributed by atoms with Crippen molar-refractivity contribution in [2.24, 2.45) is 0 Å². The van der Waals surface area contributed by atoms with E-state index in [1.807, 2.05) is 0 Å². The molecular weight excluding hydrogens is 283 g/mol. The Balaban J connectivity index is 1.80. The molecule has 1 amide bonds. The van der Waals surface area contributed by atoms with Crippen LogP contribution in [0.4, 0.5) is 4.39 Å². The molecule has 1 aliphatic rings. The van der Waals surface area contributed by atoms with Crippen molar-refractivity contribution in [3.05, 3.63) is 41.5 Å². The van der Waals surface area contributed by atoms with Gasteiger partial charge in [-0.1, -0.05) is 31.4 Å². The minimum Gasteiger partial charge on any atom is -0.440 e. The van der Waals surface area contributed by atoms with Crippen molar-refractivity contribution in [2.75, 3.05) is 0 Å². The highest BCUT2D eigenvalue weighted by Crippen LogP contribution is 2.24. The van der Waals surface area contributed by atoms with Crippen LogP contribution >= 0.6 is 0 Å². The molecule has 0 spiro atoms. The summed E-state index contributed by atoms with van der Waals surface area (Å²) in [6, 6.07) is 6.44. The molecule has 5 heteroatoms. The van der Waals surface area contributed by atoms with Gasteiger partial charge in [0.2, 0.25) is 5.89 Å². The van der Waals surface area contributed by atoms with Crippen LogP contribution in [0.25, 0.3) is 11.5 Å². The Morgan fingerprint density at radius 1 is 1.27 bits per heavy atom. The van der Waals surface area contributed by atoms with Crippen LogP contribution in [0.2, 0.25) is 0 Å². The molecule has 0 aliphatic heterocycles. The van der Waals surface area contributed by atoms with Crippen molar-refractivity contribution in [2.45, 2.75) is 45.1 Å². The fourth-order valence-corrected chi connectivity index (χ4v) is 2.86. The van der Waals surface area contributed by atoms with E-state index in [1.54, 1.807) is 25.1 Å². The fraction of sp³-hybridized carbons (Fsp3) is 0.412. The van der Waals surface area contributed by atoms with Gasteiger partial charge in [0.1, 0.15) is 11.6 Å². The summed E-state index contributed by atoms with van der Waals surface area (Å²) in [6.07, 6.45) is 5.52. The third-order valence-corrected chi connectivity index (χ3v) is 4.06. The zero-order valence-electron chi connectivity index (χ0n) is 12.6. The van der Waals surface area contributed by atoms with Gasteiger partial charge in [0.05, 0.1) is 5.56 Å². The van der Waals surface area contributed by atoms with E-state index in [-0.39, 0.29) is 29.1 Å². The van der Waals surface area contributed by atoms with Crippen LogP contribution < -0.4 is 5.32 Å². The van der Waals surface area contributed by atoms with E-state index < -0.39 is 5.82 Å². The standard InChI is InChI=1S/C17H19FN2O2/c1-11-15(16(21)19-12-7-3-2-4-8-12)20-17(22-11)13-9-5-6-10-14(13)18/h5-6,9-10,12H,2-4,7-8H2,1H3,(H,19,21). The van der Waals surface area contributed by atoms with Crippen LogP contribution in [0.5, 0.6) is 0 Å². The van der Waals surface area contributed by atoms with E-state index in [2.05, 4.69) is 10.3 Å². The van der Waals surface area contributed by atoms with Gasteiger partial charge >= 0.3 is 0 Å². The van der Waals surface area contributed by atoms with Crippen LogP contribution in [0.15, 0.2) is 28.7 Å². The average molecular weight is 302 g/mol. The number of benzene rings is 1. The van der Waals surface area contributed by atoms with E-state index in [4.69, 9.17) is 4.42 Å². The lowest BCUT2D eigenvalue weighted by Crippen LogP contribution is -2.36. The second-order valence-corrected chi connectivity index (χ2v) is 5.71. The number of nitrogens with one attached hydrogen (secondary N) is 1. The highest BCUT2D eigenvalue weighted by molar-refractivity contribution is 5.93. The molecule has 0 bridgehead atoms. The summed E-state index contributed by atoms with van der Waals surface area (Å²) < 4.78 is 19.3. The molecule has 116 valence electrons. The Labute approximate surface area is 128 Å². The number of amides is 1. The Hall–Kier alpha value is -2.17. The summed E-state index contributed by atoms with van der Waals surface area (Å²) in [5, 5.41) is 3.00. The van der Waals surface area contributed by atoms with E-state index >= 15 is 0 Å². The summed E-state index contributed by atoms with van der Waals surface area (Å²) in [7, 11) is 0. The largest absolute Gasteiger partial charge is 0.440 e. The predicted molar refractivity (Wildman–Crippen MR) is 81.0 cm³/mol. The number of nitrogens with zero attached hydrogens (tertiary/aromatic N) is 1. The van der Waals surface area contributed by atoms with Gasteiger partial charge in [-0.3, -0.25) is 4.79 Å². The first kappa shape index (κ1) is 14.8. The summed E-state index contributed by atoms with van der Waals surface area (Å²) in [4.78, 5) is 16.5. The number of hydrogen-bond acceptors (Lipinski definition) is 3. The molecule has 0 saturated heterocycles. The third kappa shape index (κ3) is 3.03. The molecule has 1 saturated carbocycles. The second kappa shape index (κ2) is 6.30. The van der Waals surface area contributed by atoms with Gasteiger partial charge in [-0.05, 0) is 31.9 Å². The first-order valence-corrected chi connectivity index (χ1v) is 7.68. The molecular formula is C17H19FN2O2. The fourth-order valence-electron chi connectivity index (χ4n) is 2.86. The highest BCUT2D eigenvalue weighted by atomic mass is 19.1. The van der Waals surface area contributed by atoms with Crippen molar-refractivity contribution in [3.8, 4) is 11.5 Å². The van der Waals surface area contributed by atoms with Gasteiger partial charge < -0.3 is 9.73 Å². The van der Waals surface area contributed by atoms with Gasteiger partial charge in [-0.2, -0.15) is 0 Å². The van der Waals surface area contributed by atoms with Crippen LogP contribution in [0.1, 0.15) is 48.4 Å². The van der Waals surface area contributed by atoms with E-state index in [9.17, 15) is 9.18 Å². The molecule has 22 heavy (non-hydrogen) atoms. The number of carbonyl (C=O) groups excluding carboxylic acids is 1. The smallest absolute Gasteiger partial charge is 0.273 e. The molecule has 0 radical (unpaired) electrons. The number of halogens is 1. The van der Waals surface area contributed by atoms with Gasteiger partial charge in [0.25, 0.3) is 5.91 Å². The topological polar surface area (TPSA) is 55.1 Å². The Morgan fingerprint density at radius 2 is 2.00 bits per heavy atom. The van der Waals surface area contributed by atoms with Crippen LogP contribution in [0, 0.1) is 12.7 Å². The number of carbonyl (C=O) groups is 1. The minimum absolute atomic E-state index is 0.143. The second-order valence-electron chi connectivity index (χ2n) is 5.71. The molecule has 2 aromatic rings. The lowest BCUT2D eigenvalue weighted by molar-refractivity contribution is 0.0921. The zero-order valence-corrected chi connectivity index (χ0v) is 12.6. The normalized spacial score (nSPS) is 15.7. The van der Waals surface area contributed by atoms with Crippen LogP contribution in [0.3, 0.4) is 0 Å². The number of aryl methyl sites for hydroxylation is 1. The average Bonchev–Trinajstić information content (AvgIpc) is 2.90. The first-order valence-electron chi connectivity index (χ1n) is 7.68. The van der Waals surface area contributed by atoms with Gasteiger partial charge in [-0.25, -0.2) is 9.37 Å². The molecule has 0 unspecified atom stereocenters. The molecule has 3 rings (SSSR count). The maximum Gasteiger partial charge on any atom is 0.273 e. The molecule has 4 nitrogen and oxygen atoms in total. The third-order valence-electron chi connectivity index (χ3n) is 4.06. The molecule has 1 aromatic carbocycles. The summed E-state index contributed by atoms with van der Waals surface area (Å²) >= 11 is 0. The predicted octanol–water partition coefficient (Wildman–Crippen LogP) is 3.85. The van der Waals surface area contributed by atoms with Gasteiger partial charge in [0.15, 0.2) is 5.69 Å². The lowest BCUT2D eigenvalue weighted by Gasteiger charge is -2.22. The number of hydrogen-bond donors (Lipinski definition) is 1. The molecule has 1 heterocycles. The Morgan fingerprint density at radius 3 is 2.73 bits per heavy atom.